The third kappa shape index (κ3) is 4.61. The maximum absolute atomic E-state index is 11.7. The predicted octanol–water partition coefficient (Wildman–Crippen LogP) is 1.04. The number of hydrogen-bond donors (Lipinski definition) is 3. The fraction of sp³-hybridized carbons (Fsp3) is 0.412. The van der Waals surface area contributed by atoms with Crippen LogP contribution in [0.4, 0.5) is 5.69 Å². The highest BCUT2D eigenvalue weighted by Crippen LogP contribution is 2.24. The highest BCUT2D eigenvalue weighted by atomic mass is 32.2. The van der Waals surface area contributed by atoms with Crippen LogP contribution in [0.3, 0.4) is 0 Å². The lowest BCUT2D eigenvalue weighted by Crippen LogP contribution is -2.36. The van der Waals surface area contributed by atoms with Gasteiger partial charge in [-0.15, -0.1) is 5.10 Å². The Kier molecular flexibility index (Phi) is 5.89. The SMILES string of the molecule is O=C(O)CC1SC(=NN=Cc2ccccc2N2CCC(O)CC2)NC1=O. The van der Waals surface area contributed by atoms with Gasteiger partial charge in [-0.05, 0) is 18.9 Å². The molecule has 1 atom stereocenters. The van der Waals surface area contributed by atoms with Crippen LogP contribution >= 0.6 is 11.8 Å². The Labute approximate surface area is 155 Å². The van der Waals surface area contributed by atoms with Crippen LogP contribution < -0.4 is 10.2 Å². The first-order valence-corrected chi connectivity index (χ1v) is 9.23. The molecule has 0 spiro atoms. The Hall–Kier alpha value is -2.39. The van der Waals surface area contributed by atoms with Gasteiger partial charge in [0.25, 0.3) is 0 Å². The lowest BCUT2D eigenvalue weighted by Gasteiger charge is -2.32. The fourth-order valence-corrected chi connectivity index (χ4v) is 3.80. The lowest BCUT2D eigenvalue weighted by atomic mass is 10.1. The zero-order chi connectivity index (χ0) is 18.5. The molecule has 3 N–H and O–H groups in total. The van der Waals surface area contributed by atoms with Crippen LogP contribution in [-0.2, 0) is 9.59 Å². The Morgan fingerprint density at radius 1 is 1.35 bits per heavy atom. The van der Waals surface area contributed by atoms with Crippen molar-refractivity contribution in [2.24, 2.45) is 10.2 Å². The Morgan fingerprint density at radius 2 is 2.08 bits per heavy atom. The number of hydrogen-bond acceptors (Lipinski definition) is 7. The first-order valence-electron chi connectivity index (χ1n) is 8.35. The molecule has 0 aromatic heterocycles. The normalized spacial score (nSPS) is 23.0. The molecule has 26 heavy (non-hydrogen) atoms. The topological polar surface area (TPSA) is 115 Å². The fourth-order valence-electron chi connectivity index (χ4n) is 2.88. The quantitative estimate of drug-likeness (QED) is 0.523. The van der Waals surface area contributed by atoms with E-state index in [4.69, 9.17) is 5.11 Å². The standard InChI is InChI=1S/C17H20N4O4S/c22-12-5-7-21(8-6-12)13-4-2-1-3-11(13)10-18-20-17-19-16(25)14(26-17)9-15(23)24/h1-4,10,12,14,22H,5-9H2,(H,23,24)(H,19,20,25). The van der Waals surface area contributed by atoms with Gasteiger partial charge in [0.05, 0.1) is 18.7 Å². The number of para-hydroxylation sites is 1. The van der Waals surface area contributed by atoms with E-state index in [0.717, 1.165) is 48.9 Å². The van der Waals surface area contributed by atoms with Crippen LogP contribution in [0.1, 0.15) is 24.8 Å². The third-order valence-electron chi connectivity index (χ3n) is 4.22. The number of carbonyl (C=O) groups excluding carboxylic acids is 1. The molecule has 2 saturated heterocycles. The van der Waals surface area contributed by atoms with Gasteiger partial charge in [-0.25, -0.2) is 0 Å². The zero-order valence-corrected chi connectivity index (χ0v) is 14.9. The molecule has 2 heterocycles. The molecule has 0 bridgehead atoms. The average Bonchev–Trinajstić information content (AvgIpc) is 2.95. The number of amides is 1. The number of carboxylic acid groups (broad SMARTS) is 1. The summed E-state index contributed by atoms with van der Waals surface area (Å²) >= 11 is 1.07. The molecule has 9 heteroatoms. The second-order valence-electron chi connectivity index (χ2n) is 6.12. The number of carboxylic acids is 1. The van der Waals surface area contributed by atoms with Crippen LogP contribution in [0.25, 0.3) is 0 Å². The number of aliphatic hydroxyl groups is 1. The summed E-state index contributed by atoms with van der Waals surface area (Å²) in [7, 11) is 0. The second-order valence-corrected chi connectivity index (χ2v) is 7.31. The van der Waals surface area contributed by atoms with Crippen molar-refractivity contribution in [2.75, 3.05) is 18.0 Å². The van der Waals surface area contributed by atoms with Gasteiger partial charge >= 0.3 is 5.97 Å². The summed E-state index contributed by atoms with van der Waals surface area (Å²) in [5, 5.41) is 28.7. The van der Waals surface area contributed by atoms with Crippen molar-refractivity contribution < 1.29 is 19.8 Å². The minimum absolute atomic E-state index is 0.236. The number of piperidine rings is 1. The molecule has 2 aliphatic rings. The van der Waals surface area contributed by atoms with E-state index < -0.39 is 11.2 Å². The van der Waals surface area contributed by atoms with E-state index in [1.807, 2.05) is 24.3 Å². The molecule has 2 fully saturated rings. The smallest absolute Gasteiger partial charge is 0.305 e. The number of anilines is 1. The van der Waals surface area contributed by atoms with Gasteiger partial charge in [0.1, 0.15) is 5.25 Å². The van der Waals surface area contributed by atoms with E-state index in [9.17, 15) is 14.7 Å². The van der Waals surface area contributed by atoms with Gasteiger partial charge in [0.2, 0.25) is 5.91 Å². The van der Waals surface area contributed by atoms with Crippen molar-refractivity contribution in [3.8, 4) is 0 Å². The second kappa shape index (κ2) is 8.33. The number of carbonyl (C=O) groups is 2. The lowest BCUT2D eigenvalue weighted by molar-refractivity contribution is -0.138. The van der Waals surface area contributed by atoms with Crippen LogP contribution in [0.2, 0.25) is 0 Å². The van der Waals surface area contributed by atoms with Gasteiger partial charge in [-0.1, -0.05) is 30.0 Å². The van der Waals surface area contributed by atoms with Crippen LogP contribution in [0.5, 0.6) is 0 Å². The first kappa shape index (κ1) is 18.4. The van der Waals surface area contributed by atoms with Gasteiger partial charge in [-0.3, -0.25) is 9.59 Å². The van der Waals surface area contributed by atoms with Gasteiger partial charge in [0, 0.05) is 24.3 Å². The molecule has 138 valence electrons. The predicted molar refractivity (Wildman–Crippen MR) is 101 cm³/mol. The summed E-state index contributed by atoms with van der Waals surface area (Å²) < 4.78 is 0. The number of thioether (sulfide) groups is 1. The molecular weight excluding hydrogens is 356 g/mol. The van der Waals surface area contributed by atoms with E-state index in [1.54, 1.807) is 6.21 Å². The summed E-state index contributed by atoms with van der Waals surface area (Å²) in [6.45, 7) is 1.56. The highest BCUT2D eigenvalue weighted by Gasteiger charge is 2.32. The maximum atomic E-state index is 11.7. The average molecular weight is 376 g/mol. The van der Waals surface area contributed by atoms with Crippen molar-refractivity contribution in [3.63, 3.8) is 0 Å². The Balaban J connectivity index is 1.68. The summed E-state index contributed by atoms with van der Waals surface area (Å²) in [6.07, 6.45) is 2.61. The molecule has 0 radical (unpaired) electrons. The minimum Gasteiger partial charge on any atom is -0.481 e. The van der Waals surface area contributed by atoms with Crippen molar-refractivity contribution in [1.29, 1.82) is 0 Å². The van der Waals surface area contributed by atoms with Crippen molar-refractivity contribution in [2.45, 2.75) is 30.6 Å². The maximum Gasteiger partial charge on any atom is 0.305 e. The third-order valence-corrected chi connectivity index (χ3v) is 5.30. The summed E-state index contributed by atoms with van der Waals surface area (Å²) in [4.78, 5) is 24.6. The first-order chi connectivity index (χ1) is 12.5. The zero-order valence-electron chi connectivity index (χ0n) is 14.0. The van der Waals surface area contributed by atoms with Gasteiger partial charge in [-0.2, -0.15) is 5.10 Å². The number of aliphatic hydroxyl groups excluding tert-OH is 1. The van der Waals surface area contributed by atoms with Crippen LogP contribution in [-0.4, -0.2) is 57.9 Å². The molecule has 1 aromatic carbocycles. The van der Waals surface area contributed by atoms with E-state index >= 15 is 0 Å². The molecule has 1 unspecified atom stereocenters. The summed E-state index contributed by atoms with van der Waals surface area (Å²) in [5.41, 5.74) is 1.92. The number of aliphatic carboxylic acids is 1. The van der Waals surface area contributed by atoms with Crippen LogP contribution in [0, 0.1) is 0 Å². The van der Waals surface area contributed by atoms with E-state index in [0.29, 0.717) is 5.17 Å². The van der Waals surface area contributed by atoms with Crippen molar-refractivity contribution in [3.05, 3.63) is 29.8 Å². The van der Waals surface area contributed by atoms with Gasteiger partial charge < -0.3 is 20.4 Å². The van der Waals surface area contributed by atoms with Crippen molar-refractivity contribution >= 4 is 40.7 Å². The van der Waals surface area contributed by atoms with E-state index in [-0.39, 0.29) is 18.4 Å². The molecule has 3 rings (SSSR count). The number of rotatable bonds is 5. The number of benzene rings is 1. The summed E-state index contributed by atoms with van der Waals surface area (Å²) in [6, 6.07) is 7.79. The Bertz CT molecular complexity index is 744. The molecule has 0 aliphatic carbocycles. The van der Waals surface area contributed by atoms with Crippen LogP contribution in [0.15, 0.2) is 34.5 Å². The molecule has 1 amide bonds. The number of nitrogens with zero attached hydrogens (tertiary/aromatic N) is 3. The molecular formula is C17H20N4O4S. The number of amidine groups is 1. The Morgan fingerprint density at radius 3 is 2.81 bits per heavy atom. The molecule has 1 aromatic rings. The number of nitrogens with one attached hydrogen (secondary N) is 1. The molecule has 2 aliphatic heterocycles. The molecule has 8 nitrogen and oxygen atoms in total. The van der Waals surface area contributed by atoms with E-state index in [1.165, 1.54) is 0 Å². The highest BCUT2D eigenvalue weighted by molar-refractivity contribution is 8.15. The van der Waals surface area contributed by atoms with Gasteiger partial charge in [0.15, 0.2) is 5.17 Å². The molecule has 0 saturated carbocycles. The summed E-state index contributed by atoms with van der Waals surface area (Å²) in [5.74, 6) is -1.39. The minimum atomic E-state index is -1.03. The largest absolute Gasteiger partial charge is 0.481 e. The monoisotopic (exact) mass is 376 g/mol. The van der Waals surface area contributed by atoms with Crippen molar-refractivity contribution in [1.82, 2.24) is 5.32 Å². The van der Waals surface area contributed by atoms with E-state index in [2.05, 4.69) is 20.4 Å².